The lowest BCUT2D eigenvalue weighted by atomic mass is 10.1. The molecule has 31 heavy (non-hydrogen) atoms. The van der Waals surface area contributed by atoms with Gasteiger partial charge >= 0.3 is 0 Å². The Morgan fingerprint density at radius 1 is 0.935 bits per heavy atom. The summed E-state index contributed by atoms with van der Waals surface area (Å²) in [4.78, 5) is 29.2. The molecule has 2 amide bonds. The summed E-state index contributed by atoms with van der Waals surface area (Å²) in [5.74, 6) is -0.140. The maximum absolute atomic E-state index is 12.9. The van der Waals surface area contributed by atoms with Crippen LogP contribution in [0.1, 0.15) is 17.5 Å². The summed E-state index contributed by atoms with van der Waals surface area (Å²) in [6, 6.07) is 27.2. The van der Waals surface area contributed by atoms with Crippen molar-refractivity contribution in [2.24, 2.45) is 5.92 Å². The van der Waals surface area contributed by atoms with Crippen molar-refractivity contribution in [3.8, 4) is 5.75 Å². The maximum atomic E-state index is 12.9. The highest BCUT2D eigenvalue weighted by Gasteiger charge is 2.38. The number of carbonyl (C=O) groups is 2. The monoisotopic (exact) mass is 414 g/mol. The van der Waals surface area contributed by atoms with E-state index in [9.17, 15) is 9.59 Å². The standard InChI is InChI=1S/C26H26N2O3/c1-27(18-20-8-4-2-5-9-20)25(29)24-16-17-28(26(24)30)22-12-14-23(15-13-22)31-19-21-10-6-3-7-11-21/h2-15,24H,16-19H2,1H3. The van der Waals surface area contributed by atoms with Gasteiger partial charge in [-0.2, -0.15) is 0 Å². The molecule has 1 atom stereocenters. The minimum atomic E-state index is -0.622. The zero-order valence-electron chi connectivity index (χ0n) is 17.6. The molecule has 158 valence electrons. The Morgan fingerprint density at radius 2 is 1.55 bits per heavy atom. The molecule has 1 fully saturated rings. The Morgan fingerprint density at radius 3 is 2.19 bits per heavy atom. The second-order valence-electron chi connectivity index (χ2n) is 7.78. The number of nitrogens with zero attached hydrogens (tertiary/aromatic N) is 2. The third-order valence-corrected chi connectivity index (χ3v) is 5.54. The number of hydrogen-bond acceptors (Lipinski definition) is 3. The molecule has 0 saturated carbocycles. The molecule has 1 aliphatic rings. The molecule has 4 rings (SSSR count). The molecule has 0 radical (unpaired) electrons. The molecule has 0 aliphatic carbocycles. The Bertz CT molecular complexity index is 1020. The van der Waals surface area contributed by atoms with Crippen LogP contribution in [0.2, 0.25) is 0 Å². The number of hydrogen-bond donors (Lipinski definition) is 0. The van der Waals surface area contributed by atoms with Gasteiger partial charge in [-0.05, 0) is 41.8 Å². The quantitative estimate of drug-likeness (QED) is 0.543. The Kier molecular flexibility index (Phi) is 6.32. The molecule has 3 aromatic rings. The third-order valence-electron chi connectivity index (χ3n) is 5.54. The lowest BCUT2D eigenvalue weighted by Crippen LogP contribution is -2.37. The minimum Gasteiger partial charge on any atom is -0.489 e. The largest absolute Gasteiger partial charge is 0.489 e. The van der Waals surface area contributed by atoms with Crippen LogP contribution < -0.4 is 9.64 Å². The number of benzene rings is 3. The van der Waals surface area contributed by atoms with Gasteiger partial charge in [0.2, 0.25) is 11.8 Å². The van der Waals surface area contributed by atoms with Crippen molar-refractivity contribution < 1.29 is 14.3 Å². The topological polar surface area (TPSA) is 49.9 Å². The fraction of sp³-hybridized carbons (Fsp3) is 0.231. The lowest BCUT2D eigenvalue weighted by Gasteiger charge is -2.21. The van der Waals surface area contributed by atoms with Gasteiger partial charge < -0.3 is 14.5 Å². The Balaban J connectivity index is 1.35. The zero-order valence-corrected chi connectivity index (χ0v) is 17.6. The predicted octanol–water partition coefficient (Wildman–Crippen LogP) is 4.28. The van der Waals surface area contributed by atoms with Crippen molar-refractivity contribution in [3.05, 3.63) is 96.1 Å². The molecule has 1 heterocycles. The molecule has 0 bridgehead atoms. The van der Waals surface area contributed by atoms with Crippen LogP contribution in [0.4, 0.5) is 5.69 Å². The van der Waals surface area contributed by atoms with Gasteiger partial charge in [0.25, 0.3) is 0 Å². The zero-order chi connectivity index (χ0) is 21.6. The lowest BCUT2D eigenvalue weighted by molar-refractivity contribution is -0.139. The highest BCUT2D eigenvalue weighted by atomic mass is 16.5. The van der Waals surface area contributed by atoms with Crippen molar-refractivity contribution in [1.29, 1.82) is 0 Å². The SMILES string of the molecule is CN(Cc1ccccc1)C(=O)C1CCN(c2ccc(OCc3ccccc3)cc2)C1=O. The summed E-state index contributed by atoms with van der Waals surface area (Å²) in [5.41, 5.74) is 2.94. The van der Waals surface area contributed by atoms with E-state index in [0.717, 1.165) is 22.6 Å². The average molecular weight is 415 g/mol. The summed E-state index contributed by atoms with van der Waals surface area (Å²) in [6.07, 6.45) is 0.531. The summed E-state index contributed by atoms with van der Waals surface area (Å²) in [7, 11) is 1.75. The fourth-order valence-electron chi connectivity index (χ4n) is 3.83. The van der Waals surface area contributed by atoms with Gasteiger partial charge in [0.15, 0.2) is 0 Å². The number of anilines is 1. The minimum absolute atomic E-state index is 0.126. The maximum Gasteiger partial charge on any atom is 0.239 e. The van der Waals surface area contributed by atoms with E-state index in [1.165, 1.54) is 0 Å². The molecular formula is C26H26N2O3. The molecular weight excluding hydrogens is 388 g/mol. The molecule has 0 N–H and O–H groups in total. The first kappa shape index (κ1) is 20.7. The van der Waals surface area contributed by atoms with Gasteiger partial charge in [0, 0.05) is 25.8 Å². The van der Waals surface area contributed by atoms with Crippen LogP contribution in [0.3, 0.4) is 0 Å². The third kappa shape index (κ3) is 4.94. The first-order valence-electron chi connectivity index (χ1n) is 10.5. The van der Waals surface area contributed by atoms with Gasteiger partial charge in [-0.25, -0.2) is 0 Å². The van der Waals surface area contributed by atoms with Crippen LogP contribution in [0.15, 0.2) is 84.9 Å². The van der Waals surface area contributed by atoms with E-state index in [4.69, 9.17) is 4.74 Å². The number of rotatable bonds is 7. The molecule has 0 aromatic heterocycles. The van der Waals surface area contributed by atoms with Crippen LogP contribution in [0, 0.1) is 5.92 Å². The summed E-state index contributed by atoms with van der Waals surface area (Å²) in [5, 5.41) is 0. The number of amides is 2. The molecule has 3 aromatic carbocycles. The van der Waals surface area contributed by atoms with E-state index >= 15 is 0 Å². The van der Waals surface area contributed by atoms with E-state index < -0.39 is 5.92 Å². The van der Waals surface area contributed by atoms with Gasteiger partial charge in [0.1, 0.15) is 18.3 Å². The summed E-state index contributed by atoms with van der Waals surface area (Å²) in [6.45, 7) is 1.53. The van der Waals surface area contributed by atoms with Crippen LogP contribution in [-0.2, 0) is 22.7 Å². The van der Waals surface area contributed by atoms with E-state index in [-0.39, 0.29) is 11.8 Å². The first-order valence-corrected chi connectivity index (χ1v) is 10.5. The smallest absolute Gasteiger partial charge is 0.239 e. The molecule has 5 heteroatoms. The molecule has 1 aliphatic heterocycles. The van der Waals surface area contributed by atoms with Crippen molar-refractivity contribution >= 4 is 17.5 Å². The van der Waals surface area contributed by atoms with Gasteiger partial charge in [0.05, 0.1) is 0 Å². The van der Waals surface area contributed by atoms with Crippen LogP contribution in [-0.4, -0.2) is 30.3 Å². The van der Waals surface area contributed by atoms with Crippen molar-refractivity contribution in [3.63, 3.8) is 0 Å². The predicted molar refractivity (Wildman–Crippen MR) is 121 cm³/mol. The highest BCUT2D eigenvalue weighted by Crippen LogP contribution is 2.28. The van der Waals surface area contributed by atoms with E-state index in [2.05, 4.69) is 0 Å². The first-order chi connectivity index (χ1) is 15.1. The summed E-state index contributed by atoms with van der Waals surface area (Å²) >= 11 is 0. The average Bonchev–Trinajstić information content (AvgIpc) is 3.20. The van der Waals surface area contributed by atoms with Crippen LogP contribution >= 0.6 is 0 Å². The molecule has 1 saturated heterocycles. The number of ether oxygens (including phenoxy) is 1. The Hall–Kier alpha value is -3.60. The summed E-state index contributed by atoms with van der Waals surface area (Å²) < 4.78 is 5.82. The van der Waals surface area contributed by atoms with E-state index in [1.807, 2.05) is 84.9 Å². The molecule has 0 spiro atoms. The second-order valence-corrected chi connectivity index (χ2v) is 7.78. The number of carbonyl (C=O) groups excluding carboxylic acids is 2. The fourth-order valence-corrected chi connectivity index (χ4v) is 3.83. The van der Waals surface area contributed by atoms with Crippen LogP contribution in [0.25, 0.3) is 0 Å². The Labute approximate surface area is 182 Å². The van der Waals surface area contributed by atoms with Crippen molar-refractivity contribution in [1.82, 2.24) is 4.90 Å². The van der Waals surface area contributed by atoms with Crippen molar-refractivity contribution in [2.75, 3.05) is 18.5 Å². The van der Waals surface area contributed by atoms with Gasteiger partial charge in [-0.3, -0.25) is 9.59 Å². The normalized spacial score (nSPS) is 15.7. The highest BCUT2D eigenvalue weighted by molar-refractivity contribution is 6.09. The van der Waals surface area contributed by atoms with Crippen LogP contribution in [0.5, 0.6) is 5.75 Å². The van der Waals surface area contributed by atoms with E-state index in [0.29, 0.717) is 26.1 Å². The van der Waals surface area contributed by atoms with Gasteiger partial charge in [-0.1, -0.05) is 60.7 Å². The van der Waals surface area contributed by atoms with E-state index in [1.54, 1.807) is 16.8 Å². The molecule has 5 nitrogen and oxygen atoms in total. The van der Waals surface area contributed by atoms with Gasteiger partial charge in [-0.15, -0.1) is 0 Å². The van der Waals surface area contributed by atoms with Crippen molar-refractivity contribution in [2.45, 2.75) is 19.6 Å². The second kappa shape index (κ2) is 9.47. The molecule has 1 unspecified atom stereocenters.